The maximum atomic E-state index is 13.5. The quantitative estimate of drug-likeness (QED) is 0.683. The first-order valence-corrected chi connectivity index (χ1v) is 9.65. The number of benzene rings is 2. The molecule has 0 atom stereocenters. The summed E-state index contributed by atoms with van der Waals surface area (Å²) in [6.07, 6.45) is 0. The average Bonchev–Trinajstić information content (AvgIpc) is 2.60. The first kappa shape index (κ1) is 17.6. The fourth-order valence-corrected chi connectivity index (χ4v) is 4.41. The third-order valence-electron chi connectivity index (χ3n) is 3.43. The molecule has 0 bridgehead atoms. The largest absolute Gasteiger partial charge is 0.515 e. The van der Waals surface area contributed by atoms with Crippen LogP contribution in [-0.4, -0.2) is 31.0 Å². The van der Waals surface area contributed by atoms with Gasteiger partial charge in [0, 0.05) is 13.1 Å². The van der Waals surface area contributed by atoms with Crippen LogP contribution in [-0.2, 0) is 9.30 Å². The van der Waals surface area contributed by atoms with E-state index in [-0.39, 0.29) is 0 Å². The van der Waals surface area contributed by atoms with Crippen LogP contribution in [0, 0.1) is 0 Å². The molecule has 0 spiro atoms. The zero-order valence-corrected chi connectivity index (χ0v) is 15.1. The lowest BCUT2D eigenvalue weighted by Gasteiger charge is -2.32. The summed E-state index contributed by atoms with van der Waals surface area (Å²) >= 11 is 12.3. The van der Waals surface area contributed by atoms with Gasteiger partial charge in [0.25, 0.3) is 0 Å². The first-order chi connectivity index (χ1) is 11.6. The minimum absolute atomic E-state index is 0.293. The molecule has 1 heterocycles. The molecular weight excluding hydrogens is 372 g/mol. The zero-order chi connectivity index (χ0) is 17.0. The number of para-hydroxylation sites is 2. The van der Waals surface area contributed by atoms with E-state index in [0.717, 1.165) is 0 Å². The van der Waals surface area contributed by atoms with Crippen molar-refractivity contribution in [2.45, 2.75) is 0 Å². The third-order valence-corrected chi connectivity index (χ3v) is 6.01. The van der Waals surface area contributed by atoms with Crippen molar-refractivity contribution < 1.29 is 18.3 Å². The number of nitrogens with zero attached hydrogens (tertiary/aromatic N) is 1. The van der Waals surface area contributed by atoms with Gasteiger partial charge in [-0.15, -0.1) is 0 Å². The topological polar surface area (TPSA) is 48.0 Å². The summed E-state index contributed by atoms with van der Waals surface area (Å²) in [6.45, 7) is 1.74. The highest BCUT2D eigenvalue weighted by Gasteiger charge is 2.39. The van der Waals surface area contributed by atoms with E-state index in [9.17, 15) is 4.57 Å². The smallest absolute Gasteiger partial charge is 0.403 e. The van der Waals surface area contributed by atoms with Gasteiger partial charge in [-0.2, -0.15) is 4.67 Å². The van der Waals surface area contributed by atoms with Crippen LogP contribution in [0.25, 0.3) is 0 Å². The Balaban J connectivity index is 1.93. The van der Waals surface area contributed by atoms with Crippen molar-refractivity contribution in [1.29, 1.82) is 0 Å². The van der Waals surface area contributed by atoms with E-state index < -0.39 is 7.75 Å². The minimum Gasteiger partial charge on any atom is -0.403 e. The van der Waals surface area contributed by atoms with E-state index in [0.29, 0.717) is 47.8 Å². The molecule has 0 unspecified atom stereocenters. The van der Waals surface area contributed by atoms with Crippen LogP contribution in [0.5, 0.6) is 11.5 Å². The molecule has 8 heteroatoms. The molecule has 1 aliphatic rings. The minimum atomic E-state index is -3.71. The van der Waals surface area contributed by atoms with Crippen LogP contribution in [0.3, 0.4) is 0 Å². The molecule has 128 valence electrons. The van der Waals surface area contributed by atoms with Crippen LogP contribution >= 0.6 is 30.9 Å². The summed E-state index contributed by atoms with van der Waals surface area (Å²) in [7, 11) is -3.71. The summed E-state index contributed by atoms with van der Waals surface area (Å²) in [5.74, 6) is 0.585. The second-order valence-corrected chi connectivity index (χ2v) is 7.76. The number of hydrogen-bond donors (Lipinski definition) is 0. The van der Waals surface area contributed by atoms with Gasteiger partial charge in [0.15, 0.2) is 0 Å². The summed E-state index contributed by atoms with van der Waals surface area (Å²) in [5, 5.41) is 0.711. The number of hydrogen-bond acceptors (Lipinski definition) is 4. The number of ether oxygens (including phenoxy) is 1. The monoisotopic (exact) mass is 387 g/mol. The van der Waals surface area contributed by atoms with Crippen LogP contribution < -0.4 is 9.05 Å². The molecule has 5 nitrogen and oxygen atoms in total. The van der Waals surface area contributed by atoms with Crippen molar-refractivity contribution in [2.75, 3.05) is 26.3 Å². The molecular formula is C16H16Cl2NO4P. The van der Waals surface area contributed by atoms with Gasteiger partial charge in [-0.1, -0.05) is 47.5 Å². The molecule has 1 saturated heterocycles. The molecule has 0 aromatic heterocycles. The van der Waals surface area contributed by atoms with E-state index in [2.05, 4.69) is 0 Å². The van der Waals surface area contributed by atoms with Gasteiger partial charge >= 0.3 is 7.75 Å². The third kappa shape index (κ3) is 4.05. The Labute approximate surface area is 150 Å². The molecule has 3 rings (SSSR count). The van der Waals surface area contributed by atoms with Crippen LogP contribution in [0.1, 0.15) is 0 Å². The van der Waals surface area contributed by atoms with Gasteiger partial charge < -0.3 is 13.8 Å². The molecule has 24 heavy (non-hydrogen) atoms. The Morgan fingerprint density at radius 1 is 0.875 bits per heavy atom. The Morgan fingerprint density at radius 3 is 1.79 bits per heavy atom. The van der Waals surface area contributed by atoms with E-state index in [1.165, 1.54) is 0 Å². The summed E-state index contributed by atoms with van der Waals surface area (Å²) in [4.78, 5) is 0. The lowest BCUT2D eigenvalue weighted by Crippen LogP contribution is -2.36. The van der Waals surface area contributed by atoms with Gasteiger partial charge in [-0.25, -0.2) is 4.57 Å². The normalized spacial score (nSPS) is 15.9. The molecule has 2 aromatic carbocycles. The lowest BCUT2D eigenvalue weighted by molar-refractivity contribution is 0.0628. The van der Waals surface area contributed by atoms with Crippen molar-refractivity contribution in [3.8, 4) is 11.5 Å². The van der Waals surface area contributed by atoms with E-state index in [1.54, 1.807) is 53.2 Å². The molecule has 1 fully saturated rings. The second kappa shape index (κ2) is 7.77. The maximum Gasteiger partial charge on any atom is 0.515 e. The van der Waals surface area contributed by atoms with Gasteiger partial charge in [-0.05, 0) is 24.3 Å². The second-order valence-electron chi connectivity index (χ2n) is 5.08. The first-order valence-electron chi connectivity index (χ1n) is 7.40. The van der Waals surface area contributed by atoms with Gasteiger partial charge in [-0.3, -0.25) is 0 Å². The Bertz CT molecular complexity index is 701. The van der Waals surface area contributed by atoms with Crippen LogP contribution in [0.15, 0.2) is 48.5 Å². The molecule has 0 N–H and O–H groups in total. The average molecular weight is 388 g/mol. The predicted molar refractivity (Wildman–Crippen MR) is 94.2 cm³/mol. The fourth-order valence-electron chi connectivity index (χ4n) is 2.22. The number of rotatable bonds is 5. The number of morpholine rings is 1. The Kier molecular flexibility index (Phi) is 5.69. The van der Waals surface area contributed by atoms with Crippen molar-refractivity contribution in [1.82, 2.24) is 4.67 Å². The summed E-state index contributed by atoms with van der Waals surface area (Å²) in [6, 6.07) is 13.6. The SMILES string of the molecule is O=P(Oc1ccccc1Cl)(Oc1ccccc1Cl)N1CCOCC1. The highest BCUT2D eigenvalue weighted by molar-refractivity contribution is 7.52. The van der Waals surface area contributed by atoms with Crippen molar-refractivity contribution in [3.63, 3.8) is 0 Å². The van der Waals surface area contributed by atoms with Crippen molar-refractivity contribution in [2.24, 2.45) is 0 Å². The maximum absolute atomic E-state index is 13.5. The molecule has 0 saturated carbocycles. The Morgan fingerprint density at radius 2 is 1.33 bits per heavy atom. The highest BCUT2D eigenvalue weighted by atomic mass is 35.5. The van der Waals surface area contributed by atoms with Crippen LogP contribution in [0.4, 0.5) is 0 Å². The molecule has 2 aromatic rings. The summed E-state index contributed by atoms with van der Waals surface area (Å²) < 4.78 is 32.0. The fraction of sp³-hybridized carbons (Fsp3) is 0.250. The molecule has 1 aliphatic heterocycles. The molecule has 0 aliphatic carbocycles. The molecule has 0 radical (unpaired) electrons. The van der Waals surface area contributed by atoms with Crippen molar-refractivity contribution >= 4 is 30.9 Å². The Hall–Kier alpha value is -1.23. The van der Waals surface area contributed by atoms with E-state index in [4.69, 9.17) is 37.0 Å². The van der Waals surface area contributed by atoms with E-state index >= 15 is 0 Å². The van der Waals surface area contributed by atoms with Gasteiger partial charge in [0.1, 0.15) is 11.5 Å². The zero-order valence-electron chi connectivity index (χ0n) is 12.7. The standard InChI is InChI=1S/C16H16Cl2NO4P/c17-13-5-1-3-7-15(13)22-24(20,19-9-11-21-12-10-19)23-16-8-4-2-6-14(16)18/h1-8H,9-12H2. The lowest BCUT2D eigenvalue weighted by atomic mass is 10.3. The summed E-state index contributed by atoms with van der Waals surface area (Å²) in [5.41, 5.74) is 0. The number of halogens is 2. The van der Waals surface area contributed by atoms with E-state index in [1.807, 2.05) is 0 Å². The van der Waals surface area contributed by atoms with Gasteiger partial charge in [0.2, 0.25) is 0 Å². The molecule has 0 amide bonds. The van der Waals surface area contributed by atoms with Gasteiger partial charge in [0.05, 0.1) is 23.3 Å². The van der Waals surface area contributed by atoms with Crippen molar-refractivity contribution in [3.05, 3.63) is 58.6 Å². The predicted octanol–water partition coefficient (Wildman–Crippen LogP) is 4.89. The highest BCUT2D eigenvalue weighted by Crippen LogP contribution is 2.54. The van der Waals surface area contributed by atoms with Crippen LogP contribution in [0.2, 0.25) is 10.0 Å².